The molecule has 0 aromatic carbocycles. The van der Waals surface area contributed by atoms with Gasteiger partial charge in [0.15, 0.2) is 0 Å². The van der Waals surface area contributed by atoms with Crippen LogP contribution in [0.4, 0.5) is 0 Å². The van der Waals surface area contributed by atoms with Crippen LogP contribution in [0.5, 0.6) is 0 Å². The molecule has 2 saturated carbocycles. The summed E-state index contributed by atoms with van der Waals surface area (Å²) >= 11 is 0. The molecule has 0 heterocycles. The van der Waals surface area contributed by atoms with E-state index in [9.17, 15) is 4.79 Å². The Hall–Kier alpha value is -0.330. The number of hydrogen-bond acceptors (Lipinski definition) is 1. The minimum Gasteiger partial charge on any atom is -0.303 e. The van der Waals surface area contributed by atoms with Gasteiger partial charge in [0.1, 0.15) is 6.29 Å². The largest absolute Gasteiger partial charge is 0.303 e. The highest BCUT2D eigenvalue weighted by Gasteiger charge is 2.21. The van der Waals surface area contributed by atoms with Gasteiger partial charge in [-0.05, 0) is 37.0 Å². The Morgan fingerprint density at radius 1 is 0.680 bits per heavy atom. The van der Waals surface area contributed by atoms with Crippen molar-refractivity contribution in [2.75, 3.05) is 0 Å². The Morgan fingerprint density at radius 3 is 1.80 bits per heavy atom. The molecule has 4 unspecified atom stereocenters. The topological polar surface area (TPSA) is 17.1 Å². The SMILES string of the molecule is CCCC1CCCC(CCCCCCCCC2CCCC(C=O)C2)C1. The first-order chi connectivity index (χ1) is 12.3. The van der Waals surface area contributed by atoms with E-state index in [0.717, 1.165) is 24.2 Å². The standard InChI is InChI=1S/C24H44O/c1-2-11-21-14-9-15-22(18-21)12-7-5-3-4-6-8-13-23-16-10-17-24(19-23)20-25/h20-24H,2-19H2,1H3. The van der Waals surface area contributed by atoms with Gasteiger partial charge in [-0.25, -0.2) is 0 Å². The zero-order valence-corrected chi connectivity index (χ0v) is 17.0. The summed E-state index contributed by atoms with van der Waals surface area (Å²) in [6.45, 7) is 2.35. The summed E-state index contributed by atoms with van der Waals surface area (Å²) < 4.78 is 0. The van der Waals surface area contributed by atoms with Gasteiger partial charge in [-0.2, -0.15) is 0 Å². The van der Waals surface area contributed by atoms with E-state index >= 15 is 0 Å². The second kappa shape index (κ2) is 12.9. The van der Waals surface area contributed by atoms with Crippen LogP contribution >= 0.6 is 0 Å². The average molecular weight is 349 g/mol. The molecule has 0 aromatic rings. The van der Waals surface area contributed by atoms with Gasteiger partial charge in [-0.3, -0.25) is 0 Å². The molecule has 0 N–H and O–H groups in total. The summed E-state index contributed by atoms with van der Waals surface area (Å²) in [6, 6.07) is 0. The zero-order valence-electron chi connectivity index (χ0n) is 17.0. The number of hydrogen-bond donors (Lipinski definition) is 0. The van der Waals surface area contributed by atoms with Gasteiger partial charge in [0.25, 0.3) is 0 Å². The molecule has 0 saturated heterocycles. The van der Waals surface area contributed by atoms with Crippen LogP contribution in [-0.2, 0) is 4.79 Å². The van der Waals surface area contributed by atoms with Crippen molar-refractivity contribution < 1.29 is 4.79 Å². The fourth-order valence-corrected chi connectivity index (χ4v) is 5.63. The molecule has 2 aliphatic carbocycles. The second-order valence-corrected chi connectivity index (χ2v) is 9.31. The zero-order chi connectivity index (χ0) is 17.7. The van der Waals surface area contributed by atoms with E-state index in [0.29, 0.717) is 5.92 Å². The molecule has 4 atom stereocenters. The Bertz CT molecular complexity index is 335. The van der Waals surface area contributed by atoms with Gasteiger partial charge < -0.3 is 4.79 Å². The maximum Gasteiger partial charge on any atom is 0.123 e. The van der Waals surface area contributed by atoms with Gasteiger partial charge in [0.05, 0.1) is 0 Å². The third-order valence-corrected chi connectivity index (χ3v) is 7.08. The molecule has 2 fully saturated rings. The molecule has 25 heavy (non-hydrogen) atoms. The van der Waals surface area contributed by atoms with E-state index in [-0.39, 0.29) is 0 Å². The van der Waals surface area contributed by atoms with Crippen molar-refractivity contribution in [2.24, 2.45) is 23.7 Å². The Labute approximate surface area is 157 Å². The summed E-state index contributed by atoms with van der Waals surface area (Å²) in [4.78, 5) is 10.9. The van der Waals surface area contributed by atoms with Crippen molar-refractivity contribution in [3.63, 3.8) is 0 Å². The lowest BCUT2D eigenvalue weighted by Gasteiger charge is -2.29. The third kappa shape index (κ3) is 8.74. The summed E-state index contributed by atoms with van der Waals surface area (Å²) in [7, 11) is 0. The summed E-state index contributed by atoms with van der Waals surface area (Å²) in [5.41, 5.74) is 0. The van der Waals surface area contributed by atoms with Crippen molar-refractivity contribution in [3.8, 4) is 0 Å². The van der Waals surface area contributed by atoms with Gasteiger partial charge in [0, 0.05) is 5.92 Å². The van der Waals surface area contributed by atoms with Crippen molar-refractivity contribution in [3.05, 3.63) is 0 Å². The van der Waals surface area contributed by atoms with Crippen molar-refractivity contribution in [2.45, 2.75) is 122 Å². The molecular formula is C24H44O. The van der Waals surface area contributed by atoms with Crippen LogP contribution in [0.3, 0.4) is 0 Å². The Morgan fingerprint density at radius 2 is 1.20 bits per heavy atom. The van der Waals surface area contributed by atoms with Crippen LogP contribution in [-0.4, -0.2) is 6.29 Å². The third-order valence-electron chi connectivity index (χ3n) is 7.08. The normalized spacial score (nSPS) is 30.3. The van der Waals surface area contributed by atoms with Crippen LogP contribution in [0, 0.1) is 23.7 Å². The molecule has 1 heteroatoms. The molecule has 146 valence electrons. The molecule has 0 aromatic heterocycles. The first kappa shape index (κ1) is 21.0. The van der Waals surface area contributed by atoms with Gasteiger partial charge in [-0.15, -0.1) is 0 Å². The summed E-state index contributed by atoms with van der Waals surface area (Å²) in [5.74, 6) is 3.35. The van der Waals surface area contributed by atoms with Gasteiger partial charge in [0.2, 0.25) is 0 Å². The quantitative estimate of drug-likeness (QED) is 0.260. The first-order valence-electron chi connectivity index (χ1n) is 11.8. The average Bonchev–Trinajstić information content (AvgIpc) is 2.65. The molecule has 0 radical (unpaired) electrons. The molecule has 0 aliphatic heterocycles. The summed E-state index contributed by atoms with van der Waals surface area (Å²) in [5, 5.41) is 0. The minimum absolute atomic E-state index is 0.385. The van der Waals surface area contributed by atoms with Crippen molar-refractivity contribution >= 4 is 6.29 Å². The number of aldehydes is 1. The lowest BCUT2D eigenvalue weighted by Crippen LogP contribution is -2.16. The van der Waals surface area contributed by atoms with Crippen LogP contribution in [0.2, 0.25) is 0 Å². The smallest absolute Gasteiger partial charge is 0.123 e. The van der Waals surface area contributed by atoms with E-state index in [1.807, 2.05) is 0 Å². The molecule has 0 bridgehead atoms. The van der Waals surface area contributed by atoms with E-state index in [2.05, 4.69) is 6.92 Å². The highest BCUT2D eigenvalue weighted by molar-refractivity contribution is 5.53. The van der Waals surface area contributed by atoms with Crippen LogP contribution in [0.15, 0.2) is 0 Å². The maximum absolute atomic E-state index is 10.9. The van der Waals surface area contributed by atoms with Gasteiger partial charge in [-0.1, -0.05) is 103 Å². The monoisotopic (exact) mass is 348 g/mol. The van der Waals surface area contributed by atoms with Crippen LogP contribution < -0.4 is 0 Å². The maximum atomic E-state index is 10.9. The van der Waals surface area contributed by atoms with E-state index in [1.54, 1.807) is 0 Å². The van der Waals surface area contributed by atoms with Gasteiger partial charge >= 0.3 is 0 Å². The predicted octanol–water partition coefficient (Wildman–Crippen LogP) is 7.72. The fraction of sp³-hybridized carbons (Fsp3) is 0.958. The molecule has 2 rings (SSSR count). The van der Waals surface area contributed by atoms with E-state index in [4.69, 9.17) is 0 Å². The molecule has 0 amide bonds. The predicted molar refractivity (Wildman–Crippen MR) is 109 cm³/mol. The first-order valence-corrected chi connectivity index (χ1v) is 11.8. The fourth-order valence-electron chi connectivity index (χ4n) is 5.63. The lowest BCUT2D eigenvalue weighted by molar-refractivity contribution is -0.112. The number of carbonyl (C=O) groups excluding carboxylic acids is 1. The number of rotatable bonds is 12. The Balaban J connectivity index is 1.40. The highest BCUT2D eigenvalue weighted by Crippen LogP contribution is 2.35. The number of carbonyl (C=O) groups is 1. The molecule has 1 nitrogen and oxygen atoms in total. The lowest BCUT2D eigenvalue weighted by atomic mass is 9.77. The highest BCUT2D eigenvalue weighted by atomic mass is 16.1. The number of unbranched alkanes of at least 4 members (excludes halogenated alkanes) is 5. The molecule has 0 spiro atoms. The van der Waals surface area contributed by atoms with E-state index in [1.165, 1.54) is 115 Å². The van der Waals surface area contributed by atoms with Crippen LogP contribution in [0.25, 0.3) is 0 Å². The summed E-state index contributed by atoms with van der Waals surface area (Å²) in [6.07, 6.45) is 26.7. The Kier molecular flexibility index (Phi) is 10.9. The van der Waals surface area contributed by atoms with Crippen molar-refractivity contribution in [1.82, 2.24) is 0 Å². The van der Waals surface area contributed by atoms with Crippen LogP contribution in [0.1, 0.15) is 122 Å². The second-order valence-electron chi connectivity index (χ2n) is 9.31. The van der Waals surface area contributed by atoms with Crippen molar-refractivity contribution in [1.29, 1.82) is 0 Å². The minimum atomic E-state index is 0.385. The molecule has 2 aliphatic rings. The molecular weight excluding hydrogens is 304 g/mol. The van der Waals surface area contributed by atoms with E-state index < -0.39 is 0 Å².